The van der Waals surface area contributed by atoms with Crippen LogP contribution in [0.4, 0.5) is 5.69 Å². The molecule has 0 spiro atoms. The predicted molar refractivity (Wildman–Crippen MR) is 82.9 cm³/mol. The van der Waals surface area contributed by atoms with Crippen molar-refractivity contribution in [2.75, 3.05) is 0 Å². The number of aryl methyl sites for hydroxylation is 1. The van der Waals surface area contributed by atoms with Crippen molar-refractivity contribution in [3.8, 4) is 5.75 Å². The number of sulfonamides is 1. The van der Waals surface area contributed by atoms with Gasteiger partial charge in [0.2, 0.25) is 10.0 Å². The van der Waals surface area contributed by atoms with Gasteiger partial charge in [-0.25, -0.2) is 13.6 Å². The van der Waals surface area contributed by atoms with Crippen LogP contribution in [0.5, 0.6) is 5.75 Å². The van der Waals surface area contributed by atoms with Crippen molar-refractivity contribution in [2.45, 2.75) is 11.8 Å². The van der Waals surface area contributed by atoms with Gasteiger partial charge in [0.15, 0.2) is 0 Å². The second kappa shape index (κ2) is 5.85. The third-order valence-electron chi connectivity index (χ3n) is 2.82. The van der Waals surface area contributed by atoms with E-state index < -0.39 is 10.0 Å². The van der Waals surface area contributed by atoms with Gasteiger partial charge in [0.05, 0.1) is 10.6 Å². The molecule has 0 saturated heterocycles. The first-order valence-electron chi connectivity index (χ1n) is 5.93. The molecule has 2 aromatic rings. The van der Waals surface area contributed by atoms with Crippen molar-refractivity contribution in [3.63, 3.8) is 0 Å². The molecule has 2 aromatic carbocycles. The summed E-state index contributed by atoms with van der Waals surface area (Å²) in [5.74, 6) is 0.0296. The summed E-state index contributed by atoms with van der Waals surface area (Å²) < 4.78 is 22.9. The second-order valence-electron chi connectivity index (χ2n) is 4.46. The van der Waals surface area contributed by atoms with E-state index in [0.29, 0.717) is 21.8 Å². The molecule has 0 aliphatic heterocycles. The van der Waals surface area contributed by atoms with E-state index in [-0.39, 0.29) is 10.6 Å². The lowest BCUT2D eigenvalue weighted by Gasteiger charge is -2.04. The molecular weight excluding hydrogens is 312 g/mol. The molecule has 21 heavy (non-hydrogen) atoms. The monoisotopic (exact) mass is 324 g/mol. The zero-order chi connectivity index (χ0) is 15.6. The summed E-state index contributed by atoms with van der Waals surface area (Å²) in [4.78, 5) is 4.15. The normalized spacial score (nSPS) is 12.0. The lowest BCUT2D eigenvalue weighted by atomic mass is 10.2. The molecule has 0 aromatic heterocycles. The number of phenols is 1. The Kier molecular flexibility index (Phi) is 4.32. The van der Waals surface area contributed by atoms with Crippen LogP contribution in [0.15, 0.2) is 46.3 Å². The summed E-state index contributed by atoms with van der Waals surface area (Å²) in [6.45, 7) is 1.65. The highest BCUT2D eigenvalue weighted by atomic mass is 35.5. The van der Waals surface area contributed by atoms with E-state index in [1.807, 2.05) is 0 Å². The Labute approximate surface area is 127 Å². The molecule has 0 radical (unpaired) electrons. The fourth-order valence-corrected chi connectivity index (χ4v) is 2.73. The fourth-order valence-electron chi connectivity index (χ4n) is 1.75. The van der Waals surface area contributed by atoms with Crippen molar-refractivity contribution < 1.29 is 13.5 Å². The van der Waals surface area contributed by atoms with Gasteiger partial charge in [-0.2, -0.15) is 0 Å². The summed E-state index contributed by atoms with van der Waals surface area (Å²) in [6.07, 6.45) is 1.40. The Balaban J connectivity index is 2.40. The van der Waals surface area contributed by atoms with Gasteiger partial charge in [-0.15, -0.1) is 0 Å². The maximum absolute atomic E-state index is 11.4. The van der Waals surface area contributed by atoms with Crippen LogP contribution < -0.4 is 5.14 Å². The Morgan fingerprint density at radius 1 is 1.24 bits per heavy atom. The van der Waals surface area contributed by atoms with E-state index >= 15 is 0 Å². The summed E-state index contributed by atoms with van der Waals surface area (Å²) in [5.41, 5.74) is 1.38. The molecule has 0 atom stereocenters. The lowest BCUT2D eigenvalue weighted by Crippen LogP contribution is -2.13. The van der Waals surface area contributed by atoms with Crippen LogP contribution in [0.25, 0.3) is 0 Å². The molecule has 7 heteroatoms. The molecule has 0 amide bonds. The van der Waals surface area contributed by atoms with Crippen molar-refractivity contribution in [3.05, 3.63) is 52.5 Å². The van der Waals surface area contributed by atoms with Crippen molar-refractivity contribution in [1.29, 1.82) is 0 Å². The Bertz CT molecular complexity index is 817. The molecule has 110 valence electrons. The Morgan fingerprint density at radius 2 is 1.95 bits per heavy atom. The number of benzene rings is 2. The summed E-state index contributed by atoms with van der Waals surface area (Å²) in [6, 6.07) is 9.21. The van der Waals surface area contributed by atoms with Crippen LogP contribution in [0.1, 0.15) is 11.1 Å². The number of nitrogens with zero attached hydrogens (tertiary/aromatic N) is 1. The molecule has 0 heterocycles. The lowest BCUT2D eigenvalue weighted by molar-refractivity contribution is 0.474. The molecule has 0 saturated carbocycles. The molecule has 0 unspecified atom stereocenters. The highest BCUT2D eigenvalue weighted by molar-refractivity contribution is 7.89. The van der Waals surface area contributed by atoms with Gasteiger partial charge in [-0.1, -0.05) is 17.7 Å². The first-order valence-corrected chi connectivity index (χ1v) is 7.86. The molecular formula is C14H13ClN2O3S. The van der Waals surface area contributed by atoms with Crippen LogP contribution in [0.3, 0.4) is 0 Å². The first kappa shape index (κ1) is 15.5. The van der Waals surface area contributed by atoms with Gasteiger partial charge < -0.3 is 5.11 Å². The van der Waals surface area contributed by atoms with E-state index in [0.717, 1.165) is 0 Å². The average molecular weight is 325 g/mol. The number of hydrogen-bond acceptors (Lipinski definition) is 4. The number of rotatable bonds is 3. The third kappa shape index (κ3) is 3.81. The van der Waals surface area contributed by atoms with Crippen LogP contribution in [-0.4, -0.2) is 19.7 Å². The maximum Gasteiger partial charge on any atom is 0.238 e. The number of hydrogen-bond donors (Lipinski definition) is 2. The third-order valence-corrected chi connectivity index (χ3v) is 4.11. The fraction of sp³-hybridized carbons (Fsp3) is 0.0714. The van der Waals surface area contributed by atoms with Crippen molar-refractivity contribution in [1.82, 2.24) is 0 Å². The number of primary sulfonamides is 1. The zero-order valence-corrected chi connectivity index (χ0v) is 12.7. The van der Waals surface area contributed by atoms with E-state index in [1.54, 1.807) is 31.2 Å². The topological polar surface area (TPSA) is 92.8 Å². The summed E-state index contributed by atoms with van der Waals surface area (Å²) in [5, 5.41) is 15.3. The number of halogens is 1. The van der Waals surface area contributed by atoms with Crippen molar-refractivity contribution >= 4 is 33.5 Å². The molecule has 0 aliphatic carbocycles. The van der Waals surface area contributed by atoms with E-state index in [1.165, 1.54) is 18.3 Å². The average Bonchev–Trinajstić information content (AvgIpc) is 2.40. The van der Waals surface area contributed by atoms with Crippen molar-refractivity contribution in [2.24, 2.45) is 10.1 Å². The minimum atomic E-state index is -3.80. The van der Waals surface area contributed by atoms with Gasteiger partial charge in [-0.05, 0) is 42.8 Å². The maximum atomic E-state index is 11.4. The van der Waals surface area contributed by atoms with Gasteiger partial charge >= 0.3 is 0 Å². The predicted octanol–water partition coefficient (Wildman–Crippen LogP) is 2.75. The number of phenolic OH excluding ortho intramolecular Hbond substituents is 1. The molecule has 5 nitrogen and oxygen atoms in total. The van der Waals surface area contributed by atoms with Gasteiger partial charge in [0, 0.05) is 16.8 Å². The summed E-state index contributed by atoms with van der Waals surface area (Å²) in [7, 11) is -3.80. The number of aliphatic imine (C=N–C) groups is 1. The van der Waals surface area contributed by atoms with Crippen LogP contribution in [0, 0.1) is 6.92 Å². The quantitative estimate of drug-likeness (QED) is 0.850. The smallest absolute Gasteiger partial charge is 0.238 e. The molecule has 0 bridgehead atoms. The van der Waals surface area contributed by atoms with Gasteiger partial charge in [0.25, 0.3) is 0 Å². The highest BCUT2D eigenvalue weighted by Gasteiger charge is 2.11. The molecule has 2 rings (SSSR count). The minimum absolute atomic E-state index is 0.0208. The van der Waals surface area contributed by atoms with Gasteiger partial charge in [-0.3, -0.25) is 4.99 Å². The highest BCUT2D eigenvalue weighted by Crippen LogP contribution is 2.23. The first-order chi connectivity index (χ1) is 9.77. The number of nitrogens with two attached hydrogens (primary N) is 1. The largest absolute Gasteiger partial charge is 0.507 e. The standard InChI is InChI=1S/C14H13ClN2O3S/c1-9-2-4-12(7-14(9)21(16,19)20)17-8-10-6-11(15)3-5-13(10)18/h2-8,18H,1H3,(H2,16,19,20). The Morgan fingerprint density at radius 3 is 2.62 bits per heavy atom. The molecule has 0 aliphatic rings. The van der Waals surface area contributed by atoms with E-state index in [4.69, 9.17) is 16.7 Å². The number of aromatic hydroxyl groups is 1. The SMILES string of the molecule is Cc1ccc(N=Cc2cc(Cl)ccc2O)cc1S(N)(=O)=O. The minimum Gasteiger partial charge on any atom is -0.507 e. The molecule has 0 fully saturated rings. The summed E-state index contributed by atoms with van der Waals surface area (Å²) >= 11 is 5.84. The van der Waals surface area contributed by atoms with Crippen LogP contribution in [0.2, 0.25) is 5.02 Å². The zero-order valence-electron chi connectivity index (χ0n) is 11.1. The van der Waals surface area contributed by atoms with Gasteiger partial charge in [0.1, 0.15) is 5.75 Å². The molecule has 3 N–H and O–H groups in total. The Hall–Kier alpha value is -1.89. The van der Waals surface area contributed by atoms with E-state index in [9.17, 15) is 13.5 Å². The van der Waals surface area contributed by atoms with Crippen LogP contribution in [-0.2, 0) is 10.0 Å². The van der Waals surface area contributed by atoms with Crippen LogP contribution >= 0.6 is 11.6 Å². The van der Waals surface area contributed by atoms with E-state index in [2.05, 4.69) is 4.99 Å². The second-order valence-corrected chi connectivity index (χ2v) is 6.42.